The third-order valence-electron chi connectivity index (χ3n) is 1.97. The summed E-state index contributed by atoms with van der Waals surface area (Å²) in [7, 11) is 0. The molecule has 0 bridgehead atoms. The maximum Gasteiger partial charge on any atom is 0.139 e. The Morgan fingerprint density at radius 2 is 2.42 bits per heavy atom. The molecule has 0 aliphatic carbocycles. The van der Waals surface area contributed by atoms with E-state index in [-0.39, 0.29) is 0 Å². The molecule has 0 N–H and O–H groups in total. The zero-order valence-corrected chi connectivity index (χ0v) is 6.68. The summed E-state index contributed by atoms with van der Waals surface area (Å²) >= 11 is 0. The van der Waals surface area contributed by atoms with Gasteiger partial charge in [-0.05, 0) is 6.08 Å². The van der Waals surface area contributed by atoms with E-state index in [0.29, 0.717) is 6.54 Å². The van der Waals surface area contributed by atoms with Crippen LogP contribution in [0.15, 0.2) is 36.4 Å². The van der Waals surface area contributed by atoms with Gasteiger partial charge in [0.15, 0.2) is 0 Å². The van der Waals surface area contributed by atoms with E-state index in [1.807, 2.05) is 29.5 Å². The summed E-state index contributed by atoms with van der Waals surface area (Å²) in [6.45, 7) is 1.34. The van der Waals surface area contributed by atoms with Crippen molar-refractivity contribution in [3.63, 3.8) is 0 Å². The molecule has 2 heterocycles. The van der Waals surface area contributed by atoms with Crippen molar-refractivity contribution in [3.8, 4) is 0 Å². The molecule has 2 aliphatic heterocycles. The largest absolute Gasteiger partial charge is 0.329 e. The van der Waals surface area contributed by atoms with Crippen molar-refractivity contribution < 1.29 is 4.79 Å². The zero-order valence-electron chi connectivity index (χ0n) is 6.68. The van der Waals surface area contributed by atoms with E-state index in [2.05, 4.69) is 11.0 Å². The van der Waals surface area contributed by atoms with Gasteiger partial charge in [-0.25, -0.2) is 0 Å². The molecule has 3 heteroatoms. The molecule has 0 radical (unpaired) electrons. The van der Waals surface area contributed by atoms with Crippen molar-refractivity contribution in [1.82, 2.24) is 9.80 Å². The highest BCUT2D eigenvalue weighted by Gasteiger charge is 2.18. The predicted octanol–water partition coefficient (Wildman–Crippen LogP) is 0.685. The van der Waals surface area contributed by atoms with Crippen LogP contribution in [0, 0.1) is 0 Å². The van der Waals surface area contributed by atoms with Crippen molar-refractivity contribution in [2.45, 2.75) is 0 Å². The standard InChI is InChI=1S/C9H10N2O/c12-8-7-11-6-5-10-4-2-1-3-9(10)11/h1-3,5-6,8H,4,7H2. The molecule has 0 atom stereocenters. The highest BCUT2D eigenvalue weighted by atomic mass is 16.1. The summed E-state index contributed by atoms with van der Waals surface area (Å²) < 4.78 is 0. The van der Waals surface area contributed by atoms with Crippen LogP contribution in [-0.2, 0) is 4.79 Å². The molecular weight excluding hydrogens is 152 g/mol. The molecule has 0 unspecified atom stereocenters. The highest BCUT2D eigenvalue weighted by molar-refractivity contribution is 5.53. The Morgan fingerprint density at radius 1 is 1.50 bits per heavy atom. The summed E-state index contributed by atoms with van der Waals surface area (Å²) in [5.74, 6) is 1.09. The minimum absolute atomic E-state index is 0.437. The average Bonchev–Trinajstić information content (AvgIpc) is 2.50. The fraction of sp³-hybridized carbons (Fsp3) is 0.222. The monoisotopic (exact) mass is 162 g/mol. The lowest BCUT2D eigenvalue weighted by Gasteiger charge is -2.24. The first-order valence-electron chi connectivity index (χ1n) is 3.94. The SMILES string of the molecule is O=CCN1C=CN2CC=CC=C12. The quantitative estimate of drug-likeness (QED) is 0.558. The van der Waals surface area contributed by atoms with Crippen LogP contribution in [0.5, 0.6) is 0 Å². The topological polar surface area (TPSA) is 23.6 Å². The van der Waals surface area contributed by atoms with Gasteiger partial charge in [-0.3, -0.25) is 0 Å². The van der Waals surface area contributed by atoms with Gasteiger partial charge >= 0.3 is 0 Å². The van der Waals surface area contributed by atoms with Gasteiger partial charge < -0.3 is 14.6 Å². The van der Waals surface area contributed by atoms with E-state index < -0.39 is 0 Å². The third kappa shape index (κ3) is 1.03. The first kappa shape index (κ1) is 7.16. The Labute approximate surface area is 71.3 Å². The van der Waals surface area contributed by atoms with E-state index in [4.69, 9.17) is 0 Å². The van der Waals surface area contributed by atoms with E-state index in [1.54, 1.807) is 0 Å². The molecule has 0 aromatic carbocycles. The second kappa shape index (κ2) is 2.85. The second-order valence-corrected chi connectivity index (χ2v) is 2.72. The number of fused-ring (bicyclic) bond motifs is 1. The molecule has 2 aliphatic rings. The molecule has 0 fully saturated rings. The molecule has 0 aromatic rings. The lowest BCUT2D eigenvalue weighted by molar-refractivity contribution is -0.108. The smallest absolute Gasteiger partial charge is 0.139 e. The zero-order chi connectivity index (χ0) is 8.39. The van der Waals surface area contributed by atoms with E-state index >= 15 is 0 Å². The predicted molar refractivity (Wildman–Crippen MR) is 45.8 cm³/mol. The summed E-state index contributed by atoms with van der Waals surface area (Å²) in [5.41, 5.74) is 0. The maximum atomic E-state index is 10.3. The van der Waals surface area contributed by atoms with E-state index in [9.17, 15) is 4.79 Å². The van der Waals surface area contributed by atoms with Crippen LogP contribution in [0.1, 0.15) is 0 Å². The van der Waals surface area contributed by atoms with Crippen LogP contribution in [0.2, 0.25) is 0 Å². The molecule has 0 spiro atoms. The van der Waals surface area contributed by atoms with Crippen LogP contribution in [0.25, 0.3) is 0 Å². The van der Waals surface area contributed by atoms with Crippen molar-refractivity contribution >= 4 is 6.29 Å². The van der Waals surface area contributed by atoms with Crippen LogP contribution < -0.4 is 0 Å². The highest BCUT2D eigenvalue weighted by Crippen LogP contribution is 2.20. The number of allylic oxidation sites excluding steroid dienone is 2. The number of nitrogens with zero attached hydrogens (tertiary/aromatic N) is 2. The first-order valence-corrected chi connectivity index (χ1v) is 3.94. The fourth-order valence-electron chi connectivity index (χ4n) is 1.39. The summed E-state index contributed by atoms with van der Waals surface area (Å²) in [4.78, 5) is 14.3. The molecule has 2 rings (SSSR count). The molecule has 0 aromatic heterocycles. The van der Waals surface area contributed by atoms with Gasteiger partial charge in [-0.15, -0.1) is 0 Å². The van der Waals surface area contributed by atoms with Gasteiger partial charge in [0.1, 0.15) is 12.1 Å². The Bertz CT molecular complexity index is 278. The van der Waals surface area contributed by atoms with Crippen LogP contribution >= 0.6 is 0 Å². The Balaban J connectivity index is 2.18. The normalized spacial score (nSPS) is 19.5. The maximum absolute atomic E-state index is 10.3. The van der Waals surface area contributed by atoms with Gasteiger partial charge in [0.25, 0.3) is 0 Å². The Kier molecular flexibility index (Phi) is 1.70. The van der Waals surface area contributed by atoms with Crippen molar-refractivity contribution in [1.29, 1.82) is 0 Å². The van der Waals surface area contributed by atoms with Crippen molar-refractivity contribution in [2.24, 2.45) is 0 Å². The summed E-state index contributed by atoms with van der Waals surface area (Å²) in [6.07, 6.45) is 10.9. The Hall–Kier alpha value is -1.51. The number of carbonyl (C=O) groups is 1. The van der Waals surface area contributed by atoms with Crippen molar-refractivity contribution in [2.75, 3.05) is 13.1 Å². The van der Waals surface area contributed by atoms with Crippen LogP contribution in [0.3, 0.4) is 0 Å². The third-order valence-corrected chi connectivity index (χ3v) is 1.97. The number of carbonyl (C=O) groups excluding carboxylic acids is 1. The number of aldehydes is 1. The lowest BCUT2D eigenvalue weighted by Crippen LogP contribution is -2.25. The second-order valence-electron chi connectivity index (χ2n) is 2.72. The Morgan fingerprint density at radius 3 is 3.25 bits per heavy atom. The van der Waals surface area contributed by atoms with Gasteiger partial charge in [-0.1, -0.05) is 12.2 Å². The van der Waals surface area contributed by atoms with Gasteiger partial charge in [0, 0.05) is 18.9 Å². The molecule has 3 nitrogen and oxygen atoms in total. The molecule has 12 heavy (non-hydrogen) atoms. The fourth-order valence-corrected chi connectivity index (χ4v) is 1.39. The number of hydrogen-bond acceptors (Lipinski definition) is 3. The van der Waals surface area contributed by atoms with Crippen LogP contribution in [0.4, 0.5) is 0 Å². The number of rotatable bonds is 2. The first-order chi connectivity index (χ1) is 5.92. The van der Waals surface area contributed by atoms with Gasteiger partial charge in [-0.2, -0.15) is 0 Å². The molecular formula is C9H10N2O. The van der Waals surface area contributed by atoms with E-state index in [0.717, 1.165) is 18.7 Å². The molecule has 62 valence electrons. The lowest BCUT2D eigenvalue weighted by atomic mass is 10.3. The molecule has 0 amide bonds. The number of hydrogen-bond donors (Lipinski definition) is 0. The molecule has 0 saturated heterocycles. The van der Waals surface area contributed by atoms with Gasteiger partial charge in [0.2, 0.25) is 0 Å². The summed E-state index contributed by atoms with van der Waals surface area (Å²) in [5, 5.41) is 0. The average molecular weight is 162 g/mol. The summed E-state index contributed by atoms with van der Waals surface area (Å²) in [6, 6.07) is 0. The van der Waals surface area contributed by atoms with Crippen molar-refractivity contribution in [3.05, 3.63) is 36.4 Å². The minimum Gasteiger partial charge on any atom is -0.329 e. The van der Waals surface area contributed by atoms with Gasteiger partial charge in [0.05, 0.1) is 6.54 Å². The van der Waals surface area contributed by atoms with E-state index in [1.165, 1.54) is 0 Å². The minimum atomic E-state index is 0.437. The van der Waals surface area contributed by atoms with Crippen LogP contribution in [-0.4, -0.2) is 29.2 Å². The molecule has 0 saturated carbocycles.